The third-order valence-corrected chi connectivity index (χ3v) is 0.807. The molecule has 0 aliphatic rings. The summed E-state index contributed by atoms with van der Waals surface area (Å²) in [7, 11) is 0. The summed E-state index contributed by atoms with van der Waals surface area (Å²) in [5.41, 5.74) is 5.02. The number of amides is 1. The van der Waals surface area contributed by atoms with Crippen LogP contribution in [0.3, 0.4) is 0 Å². The molecule has 0 aliphatic carbocycles. The van der Waals surface area contributed by atoms with Crippen LogP contribution in [0.15, 0.2) is 25.2 Å². The van der Waals surface area contributed by atoms with E-state index >= 15 is 0 Å². The van der Waals surface area contributed by atoms with Gasteiger partial charge in [-0.1, -0.05) is 6.58 Å². The Morgan fingerprint density at radius 2 is 2.33 bits per heavy atom. The zero-order valence-electron chi connectivity index (χ0n) is 5.37. The lowest BCUT2D eigenvalue weighted by atomic mass is 10.6. The van der Waals surface area contributed by atoms with Gasteiger partial charge in [0, 0.05) is 25.5 Å². The minimum absolute atomic E-state index is 0.105. The zero-order valence-corrected chi connectivity index (χ0v) is 5.37. The van der Waals surface area contributed by atoms with Crippen LogP contribution in [0.5, 0.6) is 0 Å². The molecule has 0 aromatic rings. The van der Waals surface area contributed by atoms with Crippen LogP contribution >= 0.6 is 0 Å². The Morgan fingerprint density at radius 3 is 2.44 bits per heavy atom. The summed E-state index contributed by atoms with van der Waals surface area (Å²) >= 11 is 0. The number of hydrogen-bond donors (Lipinski definition) is 1. The summed E-state index contributed by atoms with van der Waals surface area (Å²) in [5.74, 6) is -0.105. The quantitative estimate of drug-likeness (QED) is 0.582. The number of carbonyl (C=O) groups excluding carboxylic acids is 1. The number of nitrogens with zero attached hydrogens (tertiary/aromatic N) is 1. The van der Waals surface area contributed by atoms with Crippen LogP contribution in [-0.4, -0.2) is 10.8 Å². The van der Waals surface area contributed by atoms with Crippen molar-refractivity contribution in [3.8, 4) is 0 Å². The van der Waals surface area contributed by atoms with Crippen LogP contribution in [0.1, 0.15) is 6.92 Å². The average Bonchev–Trinajstić information content (AvgIpc) is 1.82. The third-order valence-electron chi connectivity index (χ3n) is 0.807. The summed E-state index contributed by atoms with van der Waals surface area (Å²) in [6, 6.07) is 0. The second-order valence-electron chi connectivity index (χ2n) is 1.45. The van der Waals surface area contributed by atoms with Gasteiger partial charge in [0.15, 0.2) is 0 Å². The molecule has 0 unspecified atom stereocenters. The van der Waals surface area contributed by atoms with Crippen molar-refractivity contribution in [2.24, 2.45) is 5.73 Å². The molecule has 0 spiro atoms. The highest BCUT2D eigenvalue weighted by Gasteiger charge is 1.95. The standard InChI is InChI=1S/C6H10N2O/c1-3-8(5-4-7)6(2)9/h3-5H,1,7H2,2H3/b5-4-. The van der Waals surface area contributed by atoms with Crippen molar-refractivity contribution in [3.05, 3.63) is 25.2 Å². The van der Waals surface area contributed by atoms with Crippen molar-refractivity contribution in [2.45, 2.75) is 6.92 Å². The maximum atomic E-state index is 10.5. The van der Waals surface area contributed by atoms with Crippen LogP contribution < -0.4 is 5.73 Å². The Morgan fingerprint density at radius 1 is 1.78 bits per heavy atom. The molecule has 0 bridgehead atoms. The van der Waals surface area contributed by atoms with Crippen molar-refractivity contribution in [1.29, 1.82) is 0 Å². The lowest BCUT2D eigenvalue weighted by Crippen LogP contribution is -2.15. The molecular weight excluding hydrogens is 116 g/mol. The van der Waals surface area contributed by atoms with Crippen LogP contribution in [0.4, 0.5) is 0 Å². The molecule has 0 aliphatic heterocycles. The van der Waals surface area contributed by atoms with E-state index < -0.39 is 0 Å². The van der Waals surface area contributed by atoms with Gasteiger partial charge in [-0.25, -0.2) is 0 Å². The first-order chi connectivity index (χ1) is 4.22. The van der Waals surface area contributed by atoms with Gasteiger partial charge in [0.1, 0.15) is 0 Å². The second-order valence-corrected chi connectivity index (χ2v) is 1.45. The van der Waals surface area contributed by atoms with Crippen molar-refractivity contribution in [3.63, 3.8) is 0 Å². The molecule has 1 amide bonds. The van der Waals surface area contributed by atoms with Crippen molar-refractivity contribution in [1.82, 2.24) is 4.90 Å². The van der Waals surface area contributed by atoms with Gasteiger partial charge in [0.2, 0.25) is 5.91 Å². The van der Waals surface area contributed by atoms with Crippen LogP contribution in [0.2, 0.25) is 0 Å². The highest BCUT2D eigenvalue weighted by molar-refractivity contribution is 5.75. The Hall–Kier alpha value is -1.25. The van der Waals surface area contributed by atoms with E-state index in [1.54, 1.807) is 0 Å². The first kappa shape index (κ1) is 7.75. The Bertz CT molecular complexity index is 140. The first-order valence-electron chi connectivity index (χ1n) is 2.52. The summed E-state index contributed by atoms with van der Waals surface area (Å²) in [6.45, 7) is 4.83. The third kappa shape index (κ3) is 2.54. The topological polar surface area (TPSA) is 46.3 Å². The zero-order chi connectivity index (χ0) is 7.28. The fourth-order valence-electron chi connectivity index (χ4n) is 0.387. The van der Waals surface area contributed by atoms with Crippen molar-refractivity contribution < 1.29 is 4.79 Å². The molecule has 50 valence electrons. The van der Waals surface area contributed by atoms with Gasteiger partial charge in [0.25, 0.3) is 0 Å². The van der Waals surface area contributed by atoms with E-state index in [1.807, 2.05) is 0 Å². The van der Waals surface area contributed by atoms with Gasteiger partial charge in [0.05, 0.1) is 0 Å². The van der Waals surface area contributed by atoms with E-state index in [4.69, 9.17) is 5.73 Å². The van der Waals surface area contributed by atoms with Gasteiger partial charge < -0.3 is 5.73 Å². The molecule has 9 heavy (non-hydrogen) atoms. The number of rotatable bonds is 2. The largest absolute Gasteiger partial charge is 0.403 e. The van der Waals surface area contributed by atoms with Crippen molar-refractivity contribution in [2.75, 3.05) is 0 Å². The highest BCUT2D eigenvalue weighted by Crippen LogP contribution is 1.88. The molecule has 0 heterocycles. The molecule has 0 rings (SSSR count). The minimum atomic E-state index is -0.105. The molecule has 0 fully saturated rings. The van der Waals surface area contributed by atoms with Crippen LogP contribution in [0.25, 0.3) is 0 Å². The number of hydrogen-bond acceptors (Lipinski definition) is 2. The molecule has 0 aromatic carbocycles. The molecule has 0 saturated carbocycles. The Balaban J connectivity index is 3.98. The van der Waals surface area contributed by atoms with E-state index in [0.717, 1.165) is 0 Å². The first-order valence-corrected chi connectivity index (χ1v) is 2.52. The van der Waals surface area contributed by atoms with Gasteiger partial charge in [-0.05, 0) is 0 Å². The maximum Gasteiger partial charge on any atom is 0.227 e. The van der Waals surface area contributed by atoms with Gasteiger partial charge >= 0.3 is 0 Å². The normalized spacial score (nSPS) is 9.44. The summed E-state index contributed by atoms with van der Waals surface area (Å²) in [4.78, 5) is 11.8. The molecule has 2 N–H and O–H groups in total. The van der Waals surface area contributed by atoms with Gasteiger partial charge in [-0.3, -0.25) is 9.69 Å². The van der Waals surface area contributed by atoms with E-state index in [-0.39, 0.29) is 5.91 Å². The molecular formula is C6H10N2O. The van der Waals surface area contributed by atoms with E-state index in [1.165, 1.54) is 30.4 Å². The van der Waals surface area contributed by atoms with Crippen LogP contribution in [-0.2, 0) is 4.79 Å². The van der Waals surface area contributed by atoms with E-state index in [9.17, 15) is 4.79 Å². The highest BCUT2D eigenvalue weighted by atomic mass is 16.2. The SMILES string of the molecule is C=CN(/C=C\N)C(C)=O. The maximum absolute atomic E-state index is 10.5. The Labute approximate surface area is 54.4 Å². The smallest absolute Gasteiger partial charge is 0.227 e. The number of carbonyl (C=O) groups is 1. The number of nitrogens with two attached hydrogens (primary N) is 1. The summed E-state index contributed by atoms with van der Waals surface area (Å²) in [5, 5.41) is 0. The molecule has 3 nitrogen and oxygen atoms in total. The summed E-state index contributed by atoms with van der Waals surface area (Å²) < 4.78 is 0. The fraction of sp³-hybridized carbons (Fsp3) is 0.167. The fourth-order valence-corrected chi connectivity index (χ4v) is 0.387. The van der Waals surface area contributed by atoms with E-state index in [2.05, 4.69) is 6.58 Å². The average molecular weight is 126 g/mol. The van der Waals surface area contributed by atoms with Gasteiger partial charge in [-0.2, -0.15) is 0 Å². The molecule has 0 saturated heterocycles. The predicted octanol–water partition coefficient (Wildman–Crippen LogP) is 0.408. The molecule has 0 atom stereocenters. The Kier molecular flexibility index (Phi) is 3.20. The monoisotopic (exact) mass is 126 g/mol. The lowest BCUT2D eigenvalue weighted by Gasteiger charge is -2.07. The molecule has 0 aromatic heterocycles. The van der Waals surface area contributed by atoms with Crippen LogP contribution in [0, 0.1) is 0 Å². The second kappa shape index (κ2) is 3.72. The van der Waals surface area contributed by atoms with E-state index in [0.29, 0.717) is 0 Å². The minimum Gasteiger partial charge on any atom is -0.403 e. The molecule has 3 heteroatoms. The van der Waals surface area contributed by atoms with Crippen molar-refractivity contribution >= 4 is 5.91 Å². The van der Waals surface area contributed by atoms with Gasteiger partial charge in [-0.15, -0.1) is 0 Å². The lowest BCUT2D eigenvalue weighted by molar-refractivity contribution is -0.124. The predicted molar refractivity (Wildman–Crippen MR) is 36.0 cm³/mol. The summed E-state index contributed by atoms with van der Waals surface area (Å²) in [6.07, 6.45) is 4.12. The molecule has 0 radical (unpaired) electrons.